The maximum atomic E-state index is 12.5. The summed E-state index contributed by atoms with van der Waals surface area (Å²) in [6, 6.07) is 6.22. The van der Waals surface area contributed by atoms with Crippen molar-refractivity contribution in [2.24, 2.45) is 0 Å². The zero-order chi connectivity index (χ0) is 13.8. The number of amides is 1. The molecule has 1 aromatic carbocycles. The molecule has 0 aromatic heterocycles. The number of rotatable bonds is 0. The number of aryl methyl sites for hydroxylation is 1. The highest BCUT2D eigenvalue weighted by molar-refractivity contribution is 6.06. The van der Waals surface area contributed by atoms with Gasteiger partial charge in [0.05, 0.1) is 18.6 Å². The first-order chi connectivity index (χ1) is 9.64. The van der Waals surface area contributed by atoms with Crippen molar-refractivity contribution in [3.63, 3.8) is 0 Å². The average Bonchev–Trinajstić information content (AvgIpc) is 2.99. The number of fused-ring (bicyclic) bond motifs is 2. The molecule has 2 heterocycles. The molecule has 0 radical (unpaired) electrons. The van der Waals surface area contributed by atoms with Gasteiger partial charge in [0.2, 0.25) is 5.91 Å². The molecule has 0 atom stereocenters. The van der Waals surface area contributed by atoms with Gasteiger partial charge < -0.3 is 14.8 Å². The normalized spacial score (nSPS) is 25.9. The van der Waals surface area contributed by atoms with Gasteiger partial charge in [-0.3, -0.25) is 4.79 Å². The van der Waals surface area contributed by atoms with Crippen LogP contribution in [0.15, 0.2) is 18.2 Å². The summed E-state index contributed by atoms with van der Waals surface area (Å²) in [4.78, 5) is 12.5. The Morgan fingerprint density at radius 3 is 2.50 bits per heavy atom. The van der Waals surface area contributed by atoms with Gasteiger partial charge in [-0.15, -0.1) is 0 Å². The van der Waals surface area contributed by atoms with E-state index in [1.165, 1.54) is 5.56 Å². The smallest absolute Gasteiger partial charge is 0.235 e. The van der Waals surface area contributed by atoms with Crippen LogP contribution in [-0.2, 0) is 19.7 Å². The summed E-state index contributed by atoms with van der Waals surface area (Å²) < 4.78 is 11.6. The van der Waals surface area contributed by atoms with Gasteiger partial charge in [-0.25, -0.2) is 0 Å². The molecule has 1 aromatic rings. The molecule has 2 aliphatic heterocycles. The fourth-order valence-electron chi connectivity index (χ4n) is 3.87. The molecule has 2 fully saturated rings. The highest BCUT2D eigenvalue weighted by Gasteiger charge is 2.53. The minimum absolute atomic E-state index is 0.144. The molecule has 1 aliphatic carbocycles. The van der Waals surface area contributed by atoms with E-state index in [0.717, 1.165) is 36.9 Å². The van der Waals surface area contributed by atoms with E-state index in [1.807, 2.05) is 12.1 Å². The average molecular weight is 273 g/mol. The standard InChI is InChI=1S/C16H19NO3/c1-11-2-3-13-12(10-11)15(14(18)17-13)4-6-16(7-5-15)19-8-9-20-16/h2-3,10H,4-9H2,1H3,(H,17,18). The van der Waals surface area contributed by atoms with Crippen molar-refractivity contribution in [3.05, 3.63) is 29.3 Å². The predicted molar refractivity (Wildman–Crippen MR) is 74.6 cm³/mol. The number of anilines is 1. The molecule has 1 N–H and O–H groups in total. The van der Waals surface area contributed by atoms with E-state index in [4.69, 9.17) is 9.47 Å². The van der Waals surface area contributed by atoms with Crippen molar-refractivity contribution in [2.45, 2.75) is 43.8 Å². The van der Waals surface area contributed by atoms with Gasteiger partial charge in [-0.05, 0) is 31.4 Å². The summed E-state index contributed by atoms with van der Waals surface area (Å²) >= 11 is 0. The number of nitrogens with one attached hydrogen (secondary N) is 1. The third-order valence-electron chi connectivity index (χ3n) is 5.05. The molecule has 3 aliphatic rings. The molecule has 1 saturated heterocycles. The Hall–Kier alpha value is -1.39. The summed E-state index contributed by atoms with van der Waals surface area (Å²) in [7, 11) is 0. The zero-order valence-electron chi connectivity index (χ0n) is 11.7. The van der Waals surface area contributed by atoms with E-state index < -0.39 is 5.79 Å². The number of hydrogen-bond acceptors (Lipinski definition) is 3. The molecule has 4 heteroatoms. The Morgan fingerprint density at radius 2 is 1.80 bits per heavy atom. The molecule has 1 saturated carbocycles. The van der Waals surface area contributed by atoms with E-state index >= 15 is 0 Å². The Bertz CT molecular complexity index is 565. The lowest BCUT2D eigenvalue weighted by atomic mass is 9.68. The first-order valence-corrected chi connectivity index (χ1v) is 7.34. The van der Waals surface area contributed by atoms with Crippen LogP contribution < -0.4 is 5.32 Å². The molecule has 4 rings (SSSR count). The van der Waals surface area contributed by atoms with Crippen molar-refractivity contribution in [1.29, 1.82) is 0 Å². The summed E-state index contributed by atoms with van der Waals surface area (Å²) in [5.74, 6) is -0.274. The summed E-state index contributed by atoms with van der Waals surface area (Å²) in [6.07, 6.45) is 3.20. The Labute approximate surface area is 118 Å². The lowest BCUT2D eigenvalue weighted by Crippen LogP contribution is -2.45. The van der Waals surface area contributed by atoms with Crippen LogP contribution in [0.3, 0.4) is 0 Å². The minimum Gasteiger partial charge on any atom is -0.348 e. The monoisotopic (exact) mass is 273 g/mol. The van der Waals surface area contributed by atoms with Crippen LogP contribution in [0.2, 0.25) is 0 Å². The van der Waals surface area contributed by atoms with E-state index in [-0.39, 0.29) is 11.3 Å². The fraction of sp³-hybridized carbons (Fsp3) is 0.562. The summed E-state index contributed by atoms with van der Waals surface area (Å²) in [5, 5.41) is 3.04. The predicted octanol–water partition coefficient (Wildman–Crippen LogP) is 2.50. The van der Waals surface area contributed by atoms with Crippen molar-refractivity contribution in [1.82, 2.24) is 0 Å². The maximum absolute atomic E-state index is 12.5. The summed E-state index contributed by atoms with van der Waals surface area (Å²) in [6.45, 7) is 3.42. The minimum atomic E-state index is -0.419. The van der Waals surface area contributed by atoms with E-state index in [9.17, 15) is 4.79 Å². The third kappa shape index (κ3) is 1.58. The Balaban J connectivity index is 1.69. The van der Waals surface area contributed by atoms with Crippen LogP contribution >= 0.6 is 0 Å². The number of carbonyl (C=O) groups excluding carboxylic acids is 1. The number of carbonyl (C=O) groups is 1. The van der Waals surface area contributed by atoms with Crippen molar-refractivity contribution < 1.29 is 14.3 Å². The van der Waals surface area contributed by atoms with Crippen LogP contribution in [0.1, 0.15) is 36.8 Å². The van der Waals surface area contributed by atoms with Crippen LogP contribution in [0.25, 0.3) is 0 Å². The molecule has 106 valence electrons. The van der Waals surface area contributed by atoms with Crippen LogP contribution in [0.5, 0.6) is 0 Å². The second-order valence-corrected chi connectivity index (χ2v) is 6.19. The highest BCUT2D eigenvalue weighted by Crippen LogP contribution is 2.51. The van der Waals surface area contributed by atoms with Crippen LogP contribution in [0.4, 0.5) is 5.69 Å². The molecule has 4 nitrogen and oxygen atoms in total. The fourth-order valence-corrected chi connectivity index (χ4v) is 3.87. The molecule has 20 heavy (non-hydrogen) atoms. The first-order valence-electron chi connectivity index (χ1n) is 7.34. The van der Waals surface area contributed by atoms with Crippen LogP contribution in [-0.4, -0.2) is 24.9 Å². The van der Waals surface area contributed by atoms with Gasteiger partial charge in [-0.2, -0.15) is 0 Å². The van der Waals surface area contributed by atoms with E-state index in [1.54, 1.807) is 0 Å². The molecule has 0 bridgehead atoms. The van der Waals surface area contributed by atoms with Gasteiger partial charge in [0.1, 0.15) is 0 Å². The lowest BCUT2D eigenvalue weighted by molar-refractivity contribution is -0.185. The number of hydrogen-bond donors (Lipinski definition) is 1. The molecular weight excluding hydrogens is 254 g/mol. The van der Waals surface area contributed by atoms with Gasteiger partial charge in [0.15, 0.2) is 5.79 Å². The zero-order valence-corrected chi connectivity index (χ0v) is 11.7. The first kappa shape index (κ1) is 12.4. The second kappa shape index (κ2) is 4.06. The maximum Gasteiger partial charge on any atom is 0.235 e. The Morgan fingerprint density at radius 1 is 1.10 bits per heavy atom. The van der Waals surface area contributed by atoms with Crippen LogP contribution in [0, 0.1) is 6.92 Å². The number of ether oxygens (including phenoxy) is 2. The quantitative estimate of drug-likeness (QED) is 0.790. The van der Waals surface area contributed by atoms with Gasteiger partial charge in [0, 0.05) is 18.5 Å². The van der Waals surface area contributed by atoms with Crippen molar-refractivity contribution in [3.8, 4) is 0 Å². The summed E-state index contributed by atoms with van der Waals surface area (Å²) in [5.41, 5.74) is 2.97. The van der Waals surface area contributed by atoms with Gasteiger partial charge >= 0.3 is 0 Å². The van der Waals surface area contributed by atoms with Gasteiger partial charge in [0.25, 0.3) is 0 Å². The van der Waals surface area contributed by atoms with Crippen molar-refractivity contribution >= 4 is 11.6 Å². The van der Waals surface area contributed by atoms with Gasteiger partial charge in [-0.1, -0.05) is 17.7 Å². The molecular formula is C16H19NO3. The number of benzene rings is 1. The van der Waals surface area contributed by atoms with E-state index in [2.05, 4.69) is 18.3 Å². The second-order valence-electron chi connectivity index (χ2n) is 6.19. The van der Waals surface area contributed by atoms with Crippen molar-refractivity contribution in [2.75, 3.05) is 18.5 Å². The largest absolute Gasteiger partial charge is 0.348 e. The lowest BCUT2D eigenvalue weighted by Gasteiger charge is -2.40. The topological polar surface area (TPSA) is 47.6 Å². The highest BCUT2D eigenvalue weighted by atomic mass is 16.7. The SMILES string of the molecule is Cc1ccc2c(c1)C1(CCC3(CC1)OCCO3)C(=O)N2. The Kier molecular flexibility index (Phi) is 2.51. The third-order valence-corrected chi connectivity index (χ3v) is 5.05. The molecule has 1 amide bonds. The molecule has 2 spiro atoms. The van der Waals surface area contributed by atoms with E-state index in [0.29, 0.717) is 13.2 Å². The molecule has 0 unspecified atom stereocenters.